The molecule has 5 nitrogen and oxygen atoms in total. The Morgan fingerprint density at radius 2 is 1.96 bits per heavy atom. The third kappa shape index (κ3) is 2.32. The summed E-state index contributed by atoms with van der Waals surface area (Å²) < 4.78 is 12.9. The summed E-state index contributed by atoms with van der Waals surface area (Å²) in [5.41, 5.74) is 5.51. The van der Waals surface area contributed by atoms with Crippen molar-refractivity contribution in [3.63, 3.8) is 0 Å². The fourth-order valence-corrected chi connectivity index (χ4v) is 3.41. The highest BCUT2D eigenvalue weighted by Gasteiger charge is 2.22. The summed E-state index contributed by atoms with van der Waals surface area (Å²) in [6, 6.07) is 15.4. The van der Waals surface area contributed by atoms with Gasteiger partial charge < -0.3 is 9.47 Å². The molecule has 6 heteroatoms. The first-order valence-electron chi connectivity index (χ1n) is 8.18. The van der Waals surface area contributed by atoms with Crippen LogP contribution in [0.5, 0.6) is 11.5 Å². The number of rotatable bonds is 2. The van der Waals surface area contributed by atoms with Crippen molar-refractivity contribution < 1.29 is 9.47 Å². The van der Waals surface area contributed by atoms with Crippen LogP contribution in [0.1, 0.15) is 5.56 Å². The summed E-state index contributed by atoms with van der Waals surface area (Å²) in [5.74, 6) is 1.62. The van der Waals surface area contributed by atoms with E-state index in [0.29, 0.717) is 11.6 Å². The number of aromatic nitrogens is 3. The molecule has 0 amide bonds. The van der Waals surface area contributed by atoms with E-state index in [1.54, 1.807) is 7.11 Å². The molecule has 26 heavy (non-hydrogen) atoms. The van der Waals surface area contributed by atoms with E-state index in [1.807, 2.05) is 59.2 Å². The molecule has 0 aliphatic carbocycles. The maximum atomic E-state index is 6.21. The van der Waals surface area contributed by atoms with Gasteiger partial charge in [-0.15, -0.1) is 0 Å². The highest BCUT2D eigenvalue weighted by molar-refractivity contribution is 6.31. The average molecular weight is 364 g/mol. The molecule has 0 saturated heterocycles. The first-order chi connectivity index (χ1) is 12.7. The van der Waals surface area contributed by atoms with Gasteiger partial charge in [-0.2, -0.15) is 5.10 Å². The van der Waals surface area contributed by atoms with Gasteiger partial charge in [-0.05, 0) is 42.5 Å². The second-order valence-corrected chi connectivity index (χ2v) is 6.53. The van der Waals surface area contributed by atoms with Gasteiger partial charge in [0.2, 0.25) is 0 Å². The van der Waals surface area contributed by atoms with Crippen molar-refractivity contribution in [2.75, 3.05) is 7.11 Å². The van der Waals surface area contributed by atoms with Crippen LogP contribution in [0, 0.1) is 0 Å². The van der Waals surface area contributed by atoms with Crippen LogP contribution in [0.25, 0.3) is 28.2 Å². The normalized spacial score (nSPS) is 12.4. The average Bonchev–Trinajstić information content (AvgIpc) is 3.12. The van der Waals surface area contributed by atoms with Crippen molar-refractivity contribution in [3.05, 3.63) is 65.3 Å². The van der Waals surface area contributed by atoms with Gasteiger partial charge in [0.25, 0.3) is 0 Å². The van der Waals surface area contributed by atoms with E-state index in [0.717, 1.165) is 45.2 Å². The van der Waals surface area contributed by atoms with Crippen LogP contribution >= 0.6 is 11.6 Å². The maximum absolute atomic E-state index is 6.21. The molecule has 0 atom stereocenters. The molecule has 0 bridgehead atoms. The predicted octanol–water partition coefficient (Wildman–Crippen LogP) is 4.62. The summed E-state index contributed by atoms with van der Waals surface area (Å²) in [6.45, 7) is 0.463. The van der Waals surface area contributed by atoms with Crippen molar-refractivity contribution in [2.45, 2.75) is 6.61 Å². The molecule has 0 spiro atoms. The van der Waals surface area contributed by atoms with Gasteiger partial charge in [0.15, 0.2) is 5.65 Å². The number of fused-ring (bicyclic) bond motifs is 5. The van der Waals surface area contributed by atoms with E-state index in [4.69, 9.17) is 26.2 Å². The summed E-state index contributed by atoms with van der Waals surface area (Å²) in [4.78, 5) is 4.53. The van der Waals surface area contributed by atoms with Crippen LogP contribution in [0.3, 0.4) is 0 Å². The maximum Gasteiger partial charge on any atom is 0.156 e. The SMILES string of the molecule is COc1ccc(-c2cc3ncc4c(n3n2)-c2cc(Cl)ccc2OC4)cc1. The van der Waals surface area contributed by atoms with Crippen molar-refractivity contribution in [3.8, 4) is 34.0 Å². The van der Waals surface area contributed by atoms with E-state index in [9.17, 15) is 0 Å². The topological polar surface area (TPSA) is 48.7 Å². The van der Waals surface area contributed by atoms with Crippen molar-refractivity contribution in [1.82, 2.24) is 14.6 Å². The van der Waals surface area contributed by atoms with Crippen LogP contribution in [-0.4, -0.2) is 21.7 Å². The lowest BCUT2D eigenvalue weighted by molar-refractivity contribution is 0.300. The lowest BCUT2D eigenvalue weighted by Crippen LogP contribution is -2.10. The summed E-state index contributed by atoms with van der Waals surface area (Å²) in [6.07, 6.45) is 1.84. The van der Waals surface area contributed by atoms with Gasteiger partial charge in [-0.1, -0.05) is 11.6 Å². The van der Waals surface area contributed by atoms with Gasteiger partial charge in [0.05, 0.1) is 18.5 Å². The van der Waals surface area contributed by atoms with Crippen LogP contribution < -0.4 is 9.47 Å². The number of hydrogen-bond donors (Lipinski definition) is 0. The minimum absolute atomic E-state index is 0.463. The van der Waals surface area contributed by atoms with E-state index < -0.39 is 0 Å². The standard InChI is InChI=1S/C20H14ClN3O2/c1-25-15-5-2-12(3-6-15)17-9-19-22-10-13-11-26-18-7-4-14(21)8-16(18)20(13)24(19)23-17/h2-10H,11H2,1H3. The fraction of sp³-hybridized carbons (Fsp3) is 0.100. The van der Waals surface area contributed by atoms with Crippen LogP contribution in [0.4, 0.5) is 0 Å². The molecule has 0 saturated carbocycles. The Labute approximate surface area is 154 Å². The molecule has 2 aromatic carbocycles. The quantitative estimate of drug-likeness (QED) is 0.521. The Morgan fingerprint density at radius 3 is 2.77 bits per heavy atom. The fourth-order valence-electron chi connectivity index (χ4n) is 3.23. The Balaban J connectivity index is 1.72. The van der Waals surface area contributed by atoms with E-state index in [1.165, 1.54) is 0 Å². The number of benzene rings is 2. The van der Waals surface area contributed by atoms with Gasteiger partial charge >= 0.3 is 0 Å². The monoisotopic (exact) mass is 363 g/mol. The van der Waals surface area contributed by atoms with E-state index in [2.05, 4.69) is 4.98 Å². The van der Waals surface area contributed by atoms with Gasteiger partial charge in [0.1, 0.15) is 18.1 Å². The van der Waals surface area contributed by atoms with Gasteiger partial charge in [0, 0.05) is 34.0 Å². The third-order valence-electron chi connectivity index (χ3n) is 4.52. The summed E-state index contributed by atoms with van der Waals surface area (Å²) in [7, 11) is 1.65. The van der Waals surface area contributed by atoms with Crippen molar-refractivity contribution >= 4 is 17.2 Å². The predicted molar refractivity (Wildman–Crippen MR) is 99.8 cm³/mol. The van der Waals surface area contributed by atoms with Crippen LogP contribution in [0.2, 0.25) is 5.02 Å². The summed E-state index contributed by atoms with van der Waals surface area (Å²) >= 11 is 6.21. The summed E-state index contributed by atoms with van der Waals surface area (Å²) in [5, 5.41) is 5.45. The molecule has 1 aliphatic rings. The highest BCUT2D eigenvalue weighted by Crippen LogP contribution is 2.39. The Bertz CT molecular complexity index is 1140. The molecule has 0 radical (unpaired) electrons. The molecule has 0 N–H and O–H groups in total. The Hall–Kier alpha value is -3.05. The number of ether oxygens (including phenoxy) is 2. The first kappa shape index (κ1) is 15.2. The first-order valence-corrected chi connectivity index (χ1v) is 8.55. The highest BCUT2D eigenvalue weighted by atomic mass is 35.5. The number of nitrogens with zero attached hydrogens (tertiary/aromatic N) is 3. The van der Waals surface area contributed by atoms with E-state index in [-0.39, 0.29) is 0 Å². The molecule has 0 fully saturated rings. The minimum Gasteiger partial charge on any atom is -0.497 e. The zero-order chi connectivity index (χ0) is 17.7. The minimum atomic E-state index is 0.463. The molecule has 128 valence electrons. The third-order valence-corrected chi connectivity index (χ3v) is 4.76. The second kappa shape index (κ2) is 5.75. The van der Waals surface area contributed by atoms with Crippen LogP contribution in [-0.2, 0) is 6.61 Å². The van der Waals surface area contributed by atoms with Crippen molar-refractivity contribution in [2.24, 2.45) is 0 Å². The number of hydrogen-bond acceptors (Lipinski definition) is 4. The molecule has 1 aliphatic heterocycles. The number of methoxy groups -OCH3 is 1. The molecule has 5 rings (SSSR count). The molecule has 2 aromatic heterocycles. The second-order valence-electron chi connectivity index (χ2n) is 6.09. The Kier molecular flexibility index (Phi) is 3.36. The molecule has 0 unspecified atom stereocenters. The molecule has 4 aromatic rings. The smallest absolute Gasteiger partial charge is 0.156 e. The molecule has 3 heterocycles. The Morgan fingerprint density at radius 1 is 1.12 bits per heavy atom. The lowest BCUT2D eigenvalue weighted by atomic mass is 10.0. The van der Waals surface area contributed by atoms with E-state index >= 15 is 0 Å². The zero-order valence-electron chi connectivity index (χ0n) is 13.9. The zero-order valence-corrected chi connectivity index (χ0v) is 14.7. The largest absolute Gasteiger partial charge is 0.497 e. The number of halogens is 1. The van der Waals surface area contributed by atoms with Crippen molar-refractivity contribution in [1.29, 1.82) is 0 Å². The van der Waals surface area contributed by atoms with Gasteiger partial charge in [-0.25, -0.2) is 9.50 Å². The molecular formula is C20H14ClN3O2. The lowest BCUT2D eigenvalue weighted by Gasteiger charge is -2.21. The van der Waals surface area contributed by atoms with Gasteiger partial charge in [-0.3, -0.25) is 0 Å². The molecular weight excluding hydrogens is 350 g/mol. The van der Waals surface area contributed by atoms with Crippen LogP contribution in [0.15, 0.2) is 54.7 Å².